The van der Waals surface area contributed by atoms with Crippen molar-refractivity contribution in [3.63, 3.8) is 0 Å². The number of carbonyl (C=O) groups is 2. The van der Waals surface area contributed by atoms with E-state index in [1.54, 1.807) is 18.2 Å². The fourth-order valence-corrected chi connectivity index (χ4v) is 7.98. The summed E-state index contributed by atoms with van der Waals surface area (Å²) >= 11 is 0. The number of fused-ring (bicyclic) bond motifs is 5. The van der Waals surface area contributed by atoms with Crippen LogP contribution in [0.1, 0.15) is 63.0 Å². The highest BCUT2D eigenvalue weighted by Crippen LogP contribution is 2.61. The lowest BCUT2D eigenvalue weighted by molar-refractivity contribution is -0.147. The van der Waals surface area contributed by atoms with Gasteiger partial charge in [-0.25, -0.2) is 0 Å². The van der Waals surface area contributed by atoms with Crippen molar-refractivity contribution in [2.24, 2.45) is 29.1 Å². The molecule has 1 heterocycles. The van der Waals surface area contributed by atoms with Crippen LogP contribution < -0.4 is 14.8 Å². The zero-order valence-electron chi connectivity index (χ0n) is 23.6. The summed E-state index contributed by atoms with van der Waals surface area (Å²) in [6.45, 7) is 4.89. The minimum absolute atomic E-state index is 0.0374. The van der Waals surface area contributed by atoms with Gasteiger partial charge in [0, 0.05) is 30.1 Å². The molecule has 1 aromatic rings. The van der Waals surface area contributed by atoms with Crippen molar-refractivity contribution < 1.29 is 34.4 Å². The summed E-state index contributed by atoms with van der Waals surface area (Å²) in [5, 5.41) is 33.9. The number of hydrogen-bond donors (Lipinski definition) is 4. The average molecular weight is 555 g/mol. The molecule has 218 valence electrons. The van der Waals surface area contributed by atoms with Gasteiger partial charge in [-0.2, -0.15) is 0 Å². The molecule has 0 unspecified atom stereocenters. The van der Waals surface area contributed by atoms with Crippen LogP contribution in [-0.4, -0.2) is 77.1 Å². The fraction of sp³-hybridized carbons (Fsp3) is 0.677. The minimum atomic E-state index is -1.07. The molecule has 0 aromatic heterocycles. The molecule has 4 fully saturated rings. The van der Waals surface area contributed by atoms with Gasteiger partial charge in [0.05, 0.1) is 32.3 Å². The molecule has 6 aliphatic rings. The number of nitrogens with one attached hydrogen (secondary N) is 1. The Morgan fingerprint density at radius 3 is 2.58 bits per heavy atom. The molecule has 0 saturated heterocycles. The van der Waals surface area contributed by atoms with E-state index in [0.29, 0.717) is 46.6 Å². The molecule has 9 heteroatoms. The molecule has 0 spiro atoms. The van der Waals surface area contributed by atoms with E-state index in [1.807, 2.05) is 4.90 Å². The second-order valence-electron chi connectivity index (χ2n) is 13.0. The van der Waals surface area contributed by atoms with Crippen LogP contribution >= 0.6 is 0 Å². The van der Waals surface area contributed by atoms with E-state index in [9.17, 15) is 24.9 Å². The Morgan fingerprint density at radius 2 is 1.95 bits per heavy atom. The first-order valence-corrected chi connectivity index (χ1v) is 14.8. The Balaban J connectivity index is 1.39. The Morgan fingerprint density at radius 1 is 1.18 bits per heavy atom. The highest BCUT2D eigenvalue weighted by Gasteiger charge is 2.56. The van der Waals surface area contributed by atoms with Gasteiger partial charge in [-0.15, -0.1) is 0 Å². The van der Waals surface area contributed by atoms with Gasteiger partial charge >= 0.3 is 0 Å². The first kappa shape index (κ1) is 27.5. The van der Waals surface area contributed by atoms with E-state index >= 15 is 0 Å². The van der Waals surface area contributed by atoms with E-state index in [-0.39, 0.29) is 42.9 Å². The van der Waals surface area contributed by atoms with Crippen molar-refractivity contribution in [3.05, 3.63) is 34.9 Å². The Kier molecular flexibility index (Phi) is 7.12. The molecule has 1 aliphatic heterocycles. The van der Waals surface area contributed by atoms with Gasteiger partial charge in [-0.1, -0.05) is 13.8 Å². The monoisotopic (exact) mass is 554 g/mol. The lowest BCUT2D eigenvalue weighted by atomic mass is 9.45. The van der Waals surface area contributed by atoms with Crippen molar-refractivity contribution in [1.29, 1.82) is 0 Å². The highest BCUT2D eigenvalue weighted by molar-refractivity contribution is 5.96. The molecule has 9 nitrogen and oxygen atoms in total. The van der Waals surface area contributed by atoms with E-state index in [2.05, 4.69) is 19.2 Å². The van der Waals surface area contributed by atoms with Gasteiger partial charge < -0.3 is 35.0 Å². The summed E-state index contributed by atoms with van der Waals surface area (Å²) < 4.78 is 11.9. The predicted octanol–water partition coefficient (Wildman–Crippen LogP) is 2.12. The van der Waals surface area contributed by atoms with Crippen LogP contribution in [0.25, 0.3) is 0 Å². The Labute approximate surface area is 235 Å². The van der Waals surface area contributed by atoms with Crippen LogP contribution in [0.15, 0.2) is 23.8 Å². The second-order valence-corrected chi connectivity index (χ2v) is 13.0. The third kappa shape index (κ3) is 4.41. The maximum Gasteiger partial charge on any atom is 0.247 e. The molecule has 1 aromatic carbocycles. The molecule has 7 atom stereocenters. The summed E-state index contributed by atoms with van der Waals surface area (Å²) in [6, 6.07) is 2.75. The van der Waals surface area contributed by atoms with Crippen LogP contribution in [-0.2, 0) is 16.2 Å². The Hall–Kier alpha value is -2.62. The van der Waals surface area contributed by atoms with Crippen LogP contribution in [0.2, 0.25) is 0 Å². The topological polar surface area (TPSA) is 129 Å². The summed E-state index contributed by atoms with van der Waals surface area (Å²) in [6.07, 6.45) is 5.00. The van der Waals surface area contributed by atoms with E-state index in [4.69, 9.17) is 9.47 Å². The number of rotatable bonds is 9. The summed E-state index contributed by atoms with van der Waals surface area (Å²) in [5.74, 6) is 1.51. The van der Waals surface area contributed by atoms with Crippen LogP contribution in [0.4, 0.5) is 0 Å². The maximum atomic E-state index is 13.8. The molecule has 40 heavy (non-hydrogen) atoms. The number of aliphatic hydroxyl groups excluding tert-OH is 3. The van der Waals surface area contributed by atoms with Gasteiger partial charge in [-0.3, -0.25) is 9.59 Å². The fourth-order valence-electron chi connectivity index (χ4n) is 7.98. The predicted molar refractivity (Wildman–Crippen MR) is 147 cm³/mol. The number of nitrogens with zero attached hydrogens (tertiary/aromatic N) is 1. The lowest BCUT2D eigenvalue weighted by Gasteiger charge is -2.61. The number of aliphatic hydroxyl groups is 3. The van der Waals surface area contributed by atoms with Gasteiger partial charge in [0.15, 0.2) is 11.5 Å². The number of carbonyl (C=O) groups excluding carboxylic acids is 2. The largest absolute Gasteiger partial charge is 0.493 e. The highest BCUT2D eigenvalue weighted by atomic mass is 16.5. The van der Waals surface area contributed by atoms with Crippen LogP contribution in [0.3, 0.4) is 0 Å². The smallest absolute Gasteiger partial charge is 0.247 e. The molecular formula is C31H42N2O7. The third-order valence-electron chi connectivity index (χ3n) is 10.5. The van der Waals surface area contributed by atoms with Crippen molar-refractivity contribution >= 4 is 11.8 Å². The average Bonchev–Trinajstić information content (AvgIpc) is 3.74. The number of amides is 2. The molecule has 0 radical (unpaired) electrons. The van der Waals surface area contributed by atoms with Crippen molar-refractivity contribution in [2.45, 2.75) is 76.7 Å². The number of benzene rings is 1. The second kappa shape index (κ2) is 10.3. The minimum Gasteiger partial charge on any atom is -0.493 e. The molecule has 2 amide bonds. The Bertz CT molecular complexity index is 1210. The molecule has 4 saturated carbocycles. The molecule has 2 bridgehead atoms. The molecular weight excluding hydrogens is 512 g/mol. The van der Waals surface area contributed by atoms with Crippen molar-refractivity contribution in [1.82, 2.24) is 10.2 Å². The van der Waals surface area contributed by atoms with Crippen molar-refractivity contribution in [3.8, 4) is 11.5 Å². The lowest BCUT2D eigenvalue weighted by Crippen LogP contribution is -2.60. The van der Waals surface area contributed by atoms with Crippen LogP contribution in [0.5, 0.6) is 11.5 Å². The van der Waals surface area contributed by atoms with Crippen LogP contribution in [0, 0.1) is 29.1 Å². The number of methoxy groups -OCH3 is 1. The van der Waals surface area contributed by atoms with Gasteiger partial charge in [0.1, 0.15) is 12.2 Å². The first-order chi connectivity index (χ1) is 19.2. The summed E-state index contributed by atoms with van der Waals surface area (Å²) in [5.41, 5.74) is 1.92. The van der Waals surface area contributed by atoms with Crippen molar-refractivity contribution in [2.75, 3.05) is 26.8 Å². The normalized spacial score (nSPS) is 33.0. The first-order valence-electron chi connectivity index (χ1n) is 14.8. The van der Waals surface area contributed by atoms with E-state index < -0.39 is 24.2 Å². The van der Waals surface area contributed by atoms with E-state index in [1.165, 1.54) is 13.5 Å². The van der Waals surface area contributed by atoms with Gasteiger partial charge in [0.25, 0.3) is 0 Å². The molecule has 4 N–H and O–H groups in total. The quantitative estimate of drug-likeness (QED) is 0.368. The number of hydrogen-bond acceptors (Lipinski definition) is 7. The van der Waals surface area contributed by atoms with Gasteiger partial charge in [0.2, 0.25) is 11.8 Å². The SMILES string of the molecule is COc1cc(CO)cc2c1O[C@@H]1[C@@H](O)[C@H](N(C[C@@H]3CC[C@H]4C[C@@H]3C4(C)C)C(=O)C3CC3)C=C(C(=O)NCCO)[C@H]21. The number of ether oxygens (including phenoxy) is 2. The summed E-state index contributed by atoms with van der Waals surface area (Å²) in [4.78, 5) is 29.2. The standard InChI is InChI=1S/C31H42N2O7/c1-31(2)19-7-6-18(22(31)12-19)14-33(30(38)17-4-5-17)23-13-21(29(37)32-8-9-34)25-20-10-16(15-35)11-24(39-3)27(20)40-28(25)26(23)36/h10-11,13,17-19,22-23,25-26,28,34-36H,4-9,12,14-15H2,1-3H3,(H,32,37)/t18-,19-,22-,23+,25-,26-,28-/m0/s1. The van der Waals surface area contributed by atoms with E-state index in [0.717, 1.165) is 31.6 Å². The zero-order chi connectivity index (χ0) is 28.3. The third-order valence-corrected chi connectivity index (χ3v) is 10.5. The molecule has 5 aliphatic carbocycles. The van der Waals surface area contributed by atoms with Gasteiger partial charge in [-0.05, 0) is 79.0 Å². The maximum absolute atomic E-state index is 13.8. The summed E-state index contributed by atoms with van der Waals surface area (Å²) in [7, 11) is 1.51. The molecule has 7 rings (SSSR count). The zero-order valence-corrected chi connectivity index (χ0v) is 23.6.